The quantitative estimate of drug-likeness (QED) is 0.188. The van der Waals surface area contributed by atoms with Crippen molar-refractivity contribution in [2.75, 3.05) is 43.5 Å². The summed E-state index contributed by atoms with van der Waals surface area (Å²) in [5.74, 6) is -0.318. The number of anilines is 2. The van der Waals surface area contributed by atoms with Crippen LogP contribution in [0.5, 0.6) is 0 Å². The van der Waals surface area contributed by atoms with Gasteiger partial charge in [0.1, 0.15) is 5.01 Å². The van der Waals surface area contributed by atoms with Crippen LogP contribution in [0.4, 0.5) is 11.4 Å². The summed E-state index contributed by atoms with van der Waals surface area (Å²) in [6.45, 7) is 7.78. The number of carbonyl (C=O) groups excluding carboxylic acids is 2. The molecule has 4 aromatic rings. The number of benzene rings is 2. The van der Waals surface area contributed by atoms with Gasteiger partial charge in [-0.2, -0.15) is 0 Å². The van der Waals surface area contributed by atoms with Crippen LogP contribution in [0.2, 0.25) is 0 Å². The number of aliphatic hydroxyl groups excluding tert-OH is 2. The summed E-state index contributed by atoms with van der Waals surface area (Å²) in [6, 6.07) is 16.3. The van der Waals surface area contributed by atoms with Gasteiger partial charge in [0, 0.05) is 67.8 Å². The Hall–Kier alpha value is -4.32. The highest BCUT2D eigenvalue weighted by atomic mass is 32.1. The van der Waals surface area contributed by atoms with Gasteiger partial charge in [-0.3, -0.25) is 14.6 Å². The molecule has 2 aromatic carbocycles. The number of pyridine rings is 1. The van der Waals surface area contributed by atoms with Crippen LogP contribution in [-0.2, 0) is 13.0 Å². The molecular formula is C37H46N6O4S. The number of aryl methyl sites for hydroxylation is 1. The predicted octanol–water partition coefficient (Wildman–Crippen LogP) is 4.65. The van der Waals surface area contributed by atoms with Crippen LogP contribution >= 0.6 is 11.3 Å². The van der Waals surface area contributed by atoms with E-state index in [0.717, 1.165) is 27.5 Å². The first-order valence-electron chi connectivity index (χ1n) is 16.4. The van der Waals surface area contributed by atoms with E-state index >= 15 is 0 Å². The smallest absolute Gasteiger partial charge is 0.254 e. The Morgan fingerprint density at radius 3 is 2.50 bits per heavy atom. The van der Waals surface area contributed by atoms with Gasteiger partial charge in [0.2, 0.25) is 0 Å². The van der Waals surface area contributed by atoms with Gasteiger partial charge < -0.3 is 30.2 Å². The molecule has 5 rings (SSSR count). The fraction of sp³-hybridized carbons (Fsp3) is 0.405. The lowest BCUT2D eigenvalue weighted by Gasteiger charge is -2.29. The van der Waals surface area contributed by atoms with E-state index in [1.807, 2.05) is 65.7 Å². The lowest BCUT2D eigenvalue weighted by molar-refractivity contribution is 0.0785. The lowest BCUT2D eigenvalue weighted by Crippen LogP contribution is -2.49. The minimum Gasteiger partial charge on any atom is -0.391 e. The lowest BCUT2D eigenvalue weighted by atomic mass is 9.99. The third-order valence-corrected chi connectivity index (χ3v) is 9.69. The summed E-state index contributed by atoms with van der Waals surface area (Å²) in [4.78, 5) is 42.2. The number of nitrogens with zero attached hydrogens (tertiary/aromatic N) is 5. The number of hydrogen-bond acceptors (Lipinski definition) is 9. The summed E-state index contributed by atoms with van der Waals surface area (Å²) in [7, 11) is 3.63. The van der Waals surface area contributed by atoms with Gasteiger partial charge in [-0.25, -0.2) is 4.98 Å². The number of likely N-dealkylation sites (N-methyl/N-ethyl adjacent to an activating group) is 1. The van der Waals surface area contributed by atoms with Crippen molar-refractivity contribution in [2.45, 2.75) is 64.3 Å². The predicted molar refractivity (Wildman–Crippen MR) is 191 cm³/mol. The number of rotatable bonds is 13. The Bertz CT molecular complexity index is 1700. The maximum atomic E-state index is 14.0. The Labute approximate surface area is 287 Å². The zero-order valence-electron chi connectivity index (χ0n) is 28.3. The van der Waals surface area contributed by atoms with Crippen molar-refractivity contribution in [3.63, 3.8) is 0 Å². The molecule has 2 aromatic heterocycles. The van der Waals surface area contributed by atoms with Crippen molar-refractivity contribution < 1.29 is 19.8 Å². The zero-order chi connectivity index (χ0) is 34.4. The van der Waals surface area contributed by atoms with Gasteiger partial charge in [-0.05, 0) is 61.1 Å². The van der Waals surface area contributed by atoms with E-state index in [-0.39, 0.29) is 12.5 Å². The molecule has 11 heteroatoms. The van der Waals surface area contributed by atoms with E-state index in [4.69, 9.17) is 0 Å². The number of nitrogens with one attached hydrogen (secondary N) is 1. The summed E-state index contributed by atoms with van der Waals surface area (Å²) in [5, 5.41) is 27.7. The monoisotopic (exact) mass is 670 g/mol. The number of carbonyl (C=O) groups is 2. The molecule has 0 radical (unpaired) electrons. The van der Waals surface area contributed by atoms with Gasteiger partial charge in [0.25, 0.3) is 11.8 Å². The topological polar surface area (TPSA) is 122 Å². The molecule has 10 nitrogen and oxygen atoms in total. The molecule has 3 heterocycles. The molecule has 1 saturated heterocycles. The molecule has 1 fully saturated rings. The van der Waals surface area contributed by atoms with Gasteiger partial charge >= 0.3 is 0 Å². The van der Waals surface area contributed by atoms with Crippen LogP contribution in [0.1, 0.15) is 68.7 Å². The highest BCUT2D eigenvalue weighted by Gasteiger charge is 2.27. The first kappa shape index (κ1) is 35.0. The summed E-state index contributed by atoms with van der Waals surface area (Å²) in [6.07, 6.45) is 3.24. The minimum atomic E-state index is -0.923. The number of aliphatic hydroxyl groups is 2. The molecule has 48 heavy (non-hydrogen) atoms. The van der Waals surface area contributed by atoms with Crippen LogP contribution in [-0.4, -0.2) is 88.9 Å². The van der Waals surface area contributed by atoms with Gasteiger partial charge in [-0.15, -0.1) is 11.3 Å². The molecule has 2 amide bonds. The number of β-amino-alcohol motifs (C(OH)–C–C–N with tert-alkyl or cyclic N) is 1. The molecule has 3 N–H and O–H groups in total. The average Bonchev–Trinajstić information content (AvgIpc) is 3.71. The molecule has 254 valence electrons. The fourth-order valence-corrected chi connectivity index (χ4v) is 6.70. The Morgan fingerprint density at radius 2 is 1.83 bits per heavy atom. The van der Waals surface area contributed by atoms with Crippen LogP contribution in [0.25, 0.3) is 0 Å². The standard InChI is InChI=1S/C37H46N6O4S/c1-24(2)29-17-31(19-38-18-29)41(4)21-34(45)33(13-26-9-7-6-8-10-26)40-36(46)27-14-28(16-30(15-27)43-12-11-32(44)20-43)37(47)42(5)22-35-39-25(3)23-48-35/h6-10,14-19,23-24,32-34,44-45H,11-13,20-22H2,1-5H3,(H,40,46)/t32?,33-,34+/m0/s1. The van der Waals surface area contributed by atoms with Gasteiger partial charge in [0.15, 0.2) is 0 Å². The van der Waals surface area contributed by atoms with E-state index in [9.17, 15) is 19.8 Å². The molecule has 1 aliphatic heterocycles. The SMILES string of the molecule is Cc1csc(CN(C)C(=O)c2cc(C(=O)N[C@@H](Cc3ccccc3)[C@H](O)CN(C)c3cncc(C(C)C)c3)cc(N3CCC(O)C3)c2)n1. The van der Waals surface area contributed by atoms with Crippen LogP contribution in [0.3, 0.4) is 0 Å². The second kappa shape index (κ2) is 15.7. The molecule has 0 bridgehead atoms. The van der Waals surface area contributed by atoms with E-state index in [2.05, 4.69) is 35.2 Å². The largest absolute Gasteiger partial charge is 0.391 e. The average molecular weight is 671 g/mol. The van der Waals surface area contributed by atoms with E-state index in [0.29, 0.717) is 55.2 Å². The Balaban J connectivity index is 1.40. The van der Waals surface area contributed by atoms with E-state index in [1.165, 1.54) is 11.3 Å². The van der Waals surface area contributed by atoms with Crippen molar-refractivity contribution in [1.29, 1.82) is 0 Å². The van der Waals surface area contributed by atoms with Gasteiger partial charge in [0.05, 0.1) is 36.7 Å². The van der Waals surface area contributed by atoms with Crippen LogP contribution < -0.4 is 15.1 Å². The van der Waals surface area contributed by atoms with E-state index < -0.39 is 24.2 Å². The molecule has 0 spiro atoms. The first-order valence-corrected chi connectivity index (χ1v) is 17.3. The number of hydrogen-bond donors (Lipinski definition) is 3. The van der Waals surface area contributed by atoms with Crippen molar-refractivity contribution in [3.05, 3.63) is 105 Å². The van der Waals surface area contributed by atoms with Crippen molar-refractivity contribution in [3.8, 4) is 0 Å². The second-order valence-corrected chi connectivity index (χ2v) is 14.0. The first-order chi connectivity index (χ1) is 23.0. The maximum Gasteiger partial charge on any atom is 0.254 e. The Morgan fingerprint density at radius 1 is 1.08 bits per heavy atom. The van der Waals surface area contributed by atoms with Crippen LogP contribution in [0.15, 0.2) is 72.4 Å². The maximum absolute atomic E-state index is 14.0. The van der Waals surface area contributed by atoms with Crippen molar-refractivity contribution >= 4 is 34.5 Å². The molecule has 1 aliphatic rings. The summed E-state index contributed by atoms with van der Waals surface area (Å²) >= 11 is 1.50. The third kappa shape index (κ3) is 8.97. The summed E-state index contributed by atoms with van der Waals surface area (Å²) in [5.41, 5.74) is 5.23. The Kier molecular flexibility index (Phi) is 11.5. The fourth-order valence-electron chi connectivity index (χ4n) is 5.88. The van der Waals surface area contributed by atoms with Crippen molar-refractivity contribution in [2.24, 2.45) is 0 Å². The molecule has 3 atom stereocenters. The molecule has 1 unspecified atom stereocenters. The number of aromatic nitrogens is 2. The van der Waals surface area contributed by atoms with Crippen molar-refractivity contribution in [1.82, 2.24) is 20.2 Å². The normalized spacial score (nSPS) is 15.8. The molecule has 0 aliphatic carbocycles. The third-order valence-electron chi connectivity index (χ3n) is 8.73. The number of amides is 2. The number of thiazole rings is 1. The summed E-state index contributed by atoms with van der Waals surface area (Å²) < 4.78 is 0. The highest BCUT2D eigenvalue weighted by Crippen LogP contribution is 2.26. The van der Waals surface area contributed by atoms with Gasteiger partial charge in [-0.1, -0.05) is 44.2 Å². The minimum absolute atomic E-state index is 0.238. The zero-order valence-corrected chi connectivity index (χ0v) is 29.2. The van der Waals surface area contributed by atoms with E-state index in [1.54, 1.807) is 36.3 Å². The molecular weight excluding hydrogens is 625 g/mol. The molecule has 0 saturated carbocycles. The van der Waals surface area contributed by atoms with Crippen LogP contribution in [0, 0.1) is 6.92 Å². The highest BCUT2D eigenvalue weighted by molar-refractivity contribution is 7.09. The second-order valence-electron chi connectivity index (χ2n) is 13.0.